The third kappa shape index (κ3) is 3.62. The van der Waals surface area contributed by atoms with Crippen LogP contribution in [0.15, 0.2) is 24.3 Å². The Morgan fingerprint density at radius 3 is 2.79 bits per heavy atom. The van der Waals surface area contributed by atoms with Crippen molar-refractivity contribution in [3.8, 4) is 0 Å². The summed E-state index contributed by atoms with van der Waals surface area (Å²) in [4.78, 5) is 8.18. The van der Waals surface area contributed by atoms with Crippen LogP contribution in [-0.4, -0.2) is 17.1 Å². The fourth-order valence-corrected chi connectivity index (χ4v) is 1.78. The molecule has 0 saturated heterocycles. The molecule has 1 heterocycles. The average Bonchev–Trinajstić information content (AvgIpc) is 2.32. The Morgan fingerprint density at radius 1 is 1.32 bits per heavy atom. The SMILES string of the molecule is COCc1nc(Cl)cc(Nc2ccc(C)cc2F)n1. The number of anilines is 2. The van der Waals surface area contributed by atoms with Crippen molar-refractivity contribution in [2.75, 3.05) is 12.4 Å². The van der Waals surface area contributed by atoms with E-state index in [2.05, 4.69) is 15.3 Å². The van der Waals surface area contributed by atoms with Crippen LogP contribution in [0, 0.1) is 12.7 Å². The first-order valence-corrected chi connectivity index (χ1v) is 6.02. The first-order valence-electron chi connectivity index (χ1n) is 5.64. The lowest BCUT2D eigenvalue weighted by molar-refractivity contribution is 0.178. The number of methoxy groups -OCH3 is 1. The number of benzene rings is 1. The molecule has 6 heteroatoms. The Balaban J connectivity index is 2.27. The highest BCUT2D eigenvalue weighted by atomic mass is 35.5. The smallest absolute Gasteiger partial charge is 0.158 e. The third-order valence-electron chi connectivity index (χ3n) is 2.40. The summed E-state index contributed by atoms with van der Waals surface area (Å²) in [6.07, 6.45) is 0. The van der Waals surface area contributed by atoms with Crippen molar-refractivity contribution in [3.63, 3.8) is 0 Å². The number of nitrogens with one attached hydrogen (secondary N) is 1. The molecule has 0 bridgehead atoms. The number of aromatic nitrogens is 2. The summed E-state index contributed by atoms with van der Waals surface area (Å²) >= 11 is 5.88. The van der Waals surface area contributed by atoms with Crippen molar-refractivity contribution in [1.29, 1.82) is 0 Å². The number of ether oxygens (including phenoxy) is 1. The third-order valence-corrected chi connectivity index (χ3v) is 2.60. The van der Waals surface area contributed by atoms with Gasteiger partial charge >= 0.3 is 0 Å². The highest BCUT2D eigenvalue weighted by Crippen LogP contribution is 2.21. The zero-order valence-corrected chi connectivity index (χ0v) is 11.3. The van der Waals surface area contributed by atoms with Crippen molar-refractivity contribution in [2.24, 2.45) is 0 Å². The number of nitrogens with zero attached hydrogens (tertiary/aromatic N) is 2. The van der Waals surface area contributed by atoms with Crippen LogP contribution >= 0.6 is 11.6 Å². The first kappa shape index (κ1) is 13.7. The van der Waals surface area contributed by atoms with Gasteiger partial charge in [0.15, 0.2) is 5.82 Å². The maximum atomic E-state index is 13.7. The van der Waals surface area contributed by atoms with Crippen LogP contribution in [0.3, 0.4) is 0 Å². The minimum atomic E-state index is -0.344. The highest BCUT2D eigenvalue weighted by molar-refractivity contribution is 6.29. The molecule has 0 fully saturated rings. The molecule has 4 nitrogen and oxygen atoms in total. The Hall–Kier alpha value is -1.72. The molecule has 0 aliphatic carbocycles. The van der Waals surface area contributed by atoms with Gasteiger partial charge in [0.05, 0.1) is 5.69 Å². The summed E-state index contributed by atoms with van der Waals surface area (Å²) in [6.45, 7) is 2.07. The topological polar surface area (TPSA) is 47.0 Å². The number of halogens is 2. The standard InChI is InChI=1S/C13H13ClFN3O/c1-8-3-4-10(9(15)5-8)16-12-6-11(14)17-13(18-12)7-19-2/h3-6H,7H2,1-2H3,(H,16,17,18). The van der Waals surface area contributed by atoms with Gasteiger partial charge in [-0.05, 0) is 24.6 Å². The lowest BCUT2D eigenvalue weighted by Crippen LogP contribution is -2.02. The second-order valence-electron chi connectivity index (χ2n) is 4.03. The molecule has 0 unspecified atom stereocenters. The second kappa shape index (κ2) is 5.95. The van der Waals surface area contributed by atoms with Crippen molar-refractivity contribution >= 4 is 23.1 Å². The molecule has 2 rings (SSSR count). The first-order chi connectivity index (χ1) is 9.08. The Bertz CT molecular complexity index is 592. The van der Waals surface area contributed by atoms with E-state index in [9.17, 15) is 4.39 Å². The summed E-state index contributed by atoms with van der Waals surface area (Å²) in [5.74, 6) is 0.517. The number of rotatable bonds is 4. The van der Waals surface area contributed by atoms with Gasteiger partial charge in [-0.15, -0.1) is 0 Å². The van der Waals surface area contributed by atoms with Gasteiger partial charge in [-0.1, -0.05) is 17.7 Å². The van der Waals surface area contributed by atoms with E-state index in [1.807, 2.05) is 13.0 Å². The van der Waals surface area contributed by atoms with E-state index in [-0.39, 0.29) is 17.6 Å². The zero-order valence-electron chi connectivity index (χ0n) is 10.6. The van der Waals surface area contributed by atoms with Crippen LogP contribution in [0.4, 0.5) is 15.9 Å². The van der Waals surface area contributed by atoms with Crippen LogP contribution in [-0.2, 0) is 11.3 Å². The predicted molar refractivity (Wildman–Crippen MR) is 72.2 cm³/mol. The molecule has 1 N–H and O–H groups in total. The van der Waals surface area contributed by atoms with Crippen molar-refractivity contribution in [1.82, 2.24) is 9.97 Å². The van der Waals surface area contributed by atoms with Gasteiger partial charge in [0.2, 0.25) is 0 Å². The number of hydrogen-bond acceptors (Lipinski definition) is 4. The second-order valence-corrected chi connectivity index (χ2v) is 4.42. The average molecular weight is 282 g/mol. The molecule has 0 spiro atoms. The molecule has 19 heavy (non-hydrogen) atoms. The van der Waals surface area contributed by atoms with Crippen molar-refractivity contribution in [2.45, 2.75) is 13.5 Å². The largest absolute Gasteiger partial charge is 0.377 e. The number of aryl methyl sites for hydroxylation is 1. The van der Waals surface area contributed by atoms with E-state index >= 15 is 0 Å². The van der Waals surface area contributed by atoms with Gasteiger partial charge in [0.25, 0.3) is 0 Å². The summed E-state index contributed by atoms with van der Waals surface area (Å²) in [5.41, 5.74) is 1.19. The van der Waals surface area contributed by atoms with E-state index in [0.29, 0.717) is 17.3 Å². The van der Waals surface area contributed by atoms with Gasteiger partial charge in [-0.2, -0.15) is 0 Å². The van der Waals surface area contributed by atoms with E-state index in [1.54, 1.807) is 6.07 Å². The molecule has 2 aromatic rings. The van der Waals surface area contributed by atoms with Gasteiger partial charge in [0, 0.05) is 13.2 Å². The lowest BCUT2D eigenvalue weighted by atomic mass is 10.2. The van der Waals surface area contributed by atoms with Gasteiger partial charge in [-0.3, -0.25) is 0 Å². The van der Waals surface area contributed by atoms with Crippen LogP contribution in [0.25, 0.3) is 0 Å². The summed E-state index contributed by atoms with van der Waals surface area (Å²) in [6, 6.07) is 6.43. The summed E-state index contributed by atoms with van der Waals surface area (Å²) < 4.78 is 18.7. The van der Waals surface area contributed by atoms with Gasteiger partial charge < -0.3 is 10.1 Å². The Labute approximate surface area is 115 Å². The van der Waals surface area contributed by atoms with E-state index in [0.717, 1.165) is 5.56 Å². The monoisotopic (exact) mass is 281 g/mol. The fraction of sp³-hybridized carbons (Fsp3) is 0.231. The molecule has 0 aliphatic rings. The van der Waals surface area contributed by atoms with Gasteiger partial charge in [-0.25, -0.2) is 14.4 Å². The molecular weight excluding hydrogens is 269 g/mol. The molecule has 0 atom stereocenters. The zero-order chi connectivity index (χ0) is 13.8. The van der Waals surface area contributed by atoms with Gasteiger partial charge in [0.1, 0.15) is 23.4 Å². The molecule has 0 aliphatic heterocycles. The quantitative estimate of drug-likeness (QED) is 0.872. The minimum absolute atomic E-state index is 0.242. The van der Waals surface area contributed by atoms with E-state index in [1.165, 1.54) is 19.2 Å². The Morgan fingerprint density at radius 2 is 2.11 bits per heavy atom. The Kier molecular flexibility index (Phi) is 4.29. The molecule has 0 amide bonds. The molecular formula is C13H13ClFN3O. The van der Waals surface area contributed by atoms with Crippen molar-refractivity contribution < 1.29 is 9.13 Å². The maximum absolute atomic E-state index is 13.7. The van der Waals surface area contributed by atoms with E-state index < -0.39 is 0 Å². The molecule has 100 valence electrons. The van der Waals surface area contributed by atoms with Crippen LogP contribution in [0.5, 0.6) is 0 Å². The van der Waals surface area contributed by atoms with Crippen LogP contribution < -0.4 is 5.32 Å². The summed E-state index contributed by atoms with van der Waals surface area (Å²) in [7, 11) is 1.54. The van der Waals surface area contributed by atoms with E-state index in [4.69, 9.17) is 16.3 Å². The van der Waals surface area contributed by atoms with Crippen LogP contribution in [0.1, 0.15) is 11.4 Å². The van der Waals surface area contributed by atoms with Crippen molar-refractivity contribution in [3.05, 3.63) is 46.6 Å². The molecule has 1 aromatic heterocycles. The molecule has 0 saturated carbocycles. The molecule has 0 radical (unpaired) electrons. The fourth-order valence-electron chi connectivity index (χ4n) is 1.58. The summed E-state index contributed by atoms with van der Waals surface area (Å²) in [5, 5.41) is 3.15. The minimum Gasteiger partial charge on any atom is -0.377 e. The lowest BCUT2D eigenvalue weighted by Gasteiger charge is -2.09. The predicted octanol–water partition coefficient (Wildman–Crippen LogP) is 3.47. The molecule has 1 aromatic carbocycles. The number of hydrogen-bond donors (Lipinski definition) is 1. The van der Waals surface area contributed by atoms with Crippen LogP contribution in [0.2, 0.25) is 5.15 Å². The maximum Gasteiger partial charge on any atom is 0.158 e. The normalized spacial score (nSPS) is 10.5. The highest BCUT2D eigenvalue weighted by Gasteiger charge is 2.06.